The molecule has 4 nitrogen and oxygen atoms in total. The number of rotatable bonds is 3. The molecule has 0 saturated heterocycles. The van der Waals surface area contributed by atoms with E-state index < -0.39 is 0 Å². The molecule has 116 valence electrons. The minimum Gasteiger partial charge on any atom is -0.490 e. The largest absolute Gasteiger partial charge is 0.490 e. The van der Waals surface area contributed by atoms with Crippen molar-refractivity contribution in [1.82, 2.24) is 0 Å². The van der Waals surface area contributed by atoms with Crippen molar-refractivity contribution in [1.29, 1.82) is 0 Å². The molecule has 2 aromatic rings. The third kappa shape index (κ3) is 4.25. The number of fused-ring (bicyclic) bond motifs is 3. The van der Waals surface area contributed by atoms with Gasteiger partial charge < -0.3 is 14.2 Å². The number of methoxy groups -OCH3 is 1. The van der Waals surface area contributed by atoms with E-state index in [2.05, 4.69) is 16.9 Å². The highest BCUT2D eigenvalue weighted by atomic mass is 16.5. The Bertz CT molecular complexity index is 594. The third-order valence-corrected chi connectivity index (χ3v) is 2.98. The number of hydrogen-bond acceptors (Lipinski definition) is 4. The molecule has 2 heterocycles. The molecule has 0 aromatic heterocycles. The quantitative estimate of drug-likeness (QED) is 0.808. The number of carbonyl (C=O) groups excluding carboxylic acids is 1. The predicted molar refractivity (Wildman–Crippen MR) is 84.3 cm³/mol. The number of benzene rings is 2. The highest BCUT2D eigenvalue weighted by molar-refractivity contribution is 5.92. The summed E-state index contributed by atoms with van der Waals surface area (Å²) < 4.78 is 15.3. The van der Waals surface area contributed by atoms with Gasteiger partial charge in [-0.1, -0.05) is 24.3 Å². The number of hydrogen-bond donors (Lipinski definition) is 0. The molecule has 2 aliphatic heterocycles. The topological polar surface area (TPSA) is 44.8 Å². The van der Waals surface area contributed by atoms with Gasteiger partial charge in [0.25, 0.3) is 0 Å². The van der Waals surface area contributed by atoms with Gasteiger partial charge in [-0.2, -0.15) is 0 Å². The van der Waals surface area contributed by atoms with Gasteiger partial charge in [0.05, 0.1) is 13.2 Å². The first-order valence-electron chi connectivity index (χ1n) is 7.16. The highest BCUT2D eigenvalue weighted by Gasteiger charge is 2.12. The first kappa shape index (κ1) is 15.9. The van der Waals surface area contributed by atoms with Crippen molar-refractivity contribution in [2.24, 2.45) is 0 Å². The molecule has 4 heteroatoms. The molecule has 0 atom stereocenters. The van der Waals surface area contributed by atoms with Crippen molar-refractivity contribution in [3.63, 3.8) is 0 Å². The Morgan fingerprint density at radius 1 is 1.09 bits per heavy atom. The molecule has 0 aliphatic carbocycles. The van der Waals surface area contributed by atoms with Crippen LogP contribution in [0.15, 0.2) is 48.5 Å². The predicted octanol–water partition coefficient (Wildman–Crippen LogP) is 3.84. The lowest BCUT2D eigenvalue weighted by molar-refractivity contribution is 0.0594. The summed E-state index contributed by atoms with van der Waals surface area (Å²) in [7, 11) is 1.36. The van der Waals surface area contributed by atoms with Crippen LogP contribution < -0.4 is 9.47 Å². The standard InChI is InChI=1S/C11H14O3.C7H6O/c1-8(2)14-10-7-5-4-6-9(10)11(12)13-3;1-3-7-4-2-6(1)5-8-7/h4-8H,1-3H3;1-4H,5H2. The Labute approximate surface area is 130 Å². The fraction of sp³-hybridized carbons (Fsp3) is 0.278. The van der Waals surface area contributed by atoms with Crippen LogP contribution in [0, 0.1) is 0 Å². The first-order chi connectivity index (χ1) is 10.6. The number of ether oxygens (including phenoxy) is 3. The van der Waals surface area contributed by atoms with Crippen molar-refractivity contribution in [3.05, 3.63) is 59.7 Å². The first-order valence-corrected chi connectivity index (χ1v) is 7.16. The maximum Gasteiger partial charge on any atom is 0.341 e. The smallest absolute Gasteiger partial charge is 0.341 e. The van der Waals surface area contributed by atoms with Crippen molar-refractivity contribution < 1.29 is 19.0 Å². The molecule has 0 fully saturated rings. The lowest BCUT2D eigenvalue weighted by Gasteiger charge is -2.12. The van der Waals surface area contributed by atoms with Crippen LogP contribution >= 0.6 is 0 Å². The van der Waals surface area contributed by atoms with E-state index in [1.54, 1.807) is 18.2 Å². The summed E-state index contributed by atoms with van der Waals surface area (Å²) in [5.74, 6) is 1.18. The average Bonchev–Trinajstić information content (AvgIpc) is 2.56. The summed E-state index contributed by atoms with van der Waals surface area (Å²) in [5, 5.41) is 0. The monoisotopic (exact) mass is 300 g/mol. The molecule has 0 amide bonds. The molecule has 22 heavy (non-hydrogen) atoms. The average molecular weight is 300 g/mol. The van der Waals surface area contributed by atoms with Gasteiger partial charge in [-0.05, 0) is 43.7 Å². The summed E-state index contributed by atoms with van der Waals surface area (Å²) >= 11 is 0. The molecule has 0 radical (unpaired) electrons. The SMILES string of the molecule is COC(=O)c1ccccc1OC(C)C.c1cc2ccc1CO2. The van der Waals surface area contributed by atoms with Gasteiger partial charge in [-0.25, -0.2) is 4.79 Å². The number of carbonyl (C=O) groups is 1. The van der Waals surface area contributed by atoms with Gasteiger partial charge in [0, 0.05) is 0 Å². The van der Waals surface area contributed by atoms with Crippen LogP contribution in [-0.4, -0.2) is 19.2 Å². The zero-order valence-corrected chi connectivity index (χ0v) is 13.0. The van der Waals surface area contributed by atoms with E-state index in [1.165, 1.54) is 12.7 Å². The summed E-state index contributed by atoms with van der Waals surface area (Å²) in [6.07, 6.45) is 0.0424. The van der Waals surface area contributed by atoms with E-state index >= 15 is 0 Å². The summed E-state index contributed by atoms with van der Waals surface area (Å²) in [4.78, 5) is 11.3. The Morgan fingerprint density at radius 3 is 2.18 bits per heavy atom. The van der Waals surface area contributed by atoms with Crippen LogP contribution in [0.1, 0.15) is 29.8 Å². The Balaban J connectivity index is 0.000000183. The van der Waals surface area contributed by atoms with Gasteiger partial charge >= 0.3 is 5.97 Å². The van der Waals surface area contributed by atoms with E-state index in [4.69, 9.17) is 9.47 Å². The van der Waals surface area contributed by atoms with Crippen molar-refractivity contribution in [2.45, 2.75) is 26.6 Å². The van der Waals surface area contributed by atoms with E-state index in [1.807, 2.05) is 32.0 Å². The summed E-state index contributed by atoms with van der Waals surface area (Å²) in [6, 6.07) is 15.2. The van der Waals surface area contributed by atoms with Crippen molar-refractivity contribution in [2.75, 3.05) is 7.11 Å². The third-order valence-electron chi connectivity index (χ3n) is 2.98. The Hall–Kier alpha value is -2.49. The lowest BCUT2D eigenvalue weighted by atomic mass is 10.2. The molecule has 4 rings (SSSR count). The summed E-state index contributed by atoms with van der Waals surface area (Å²) in [5.41, 5.74) is 1.73. The van der Waals surface area contributed by atoms with Crippen LogP contribution in [0.5, 0.6) is 11.5 Å². The molecule has 0 unspecified atom stereocenters. The van der Waals surface area contributed by atoms with E-state index in [-0.39, 0.29) is 12.1 Å². The minimum atomic E-state index is -0.374. The second kappa shape index (κ2) is 7.50. The zero-order valence-electron chi connectivity index (χ0n) is 13.0. The van der Waals surface area contributed by atoms with Crippen LogP contribution in [0.4, 0.5) is 0 Å². The molecule has 2 aromatic carbocycles. The van der Waals surface area contributed by atoms with Gasteiger partial charge in [-0.3, -0.25) is 0 Å². The Kier molecular flexibility index (Phi) is 5.42. The fourth-order valence-corrected chi connectivity index (χ4v) is 1.95. The molecule has 2 bridgehead atoms. The molecule has 0 N–H and O–H groups in total. The fourth-order valence-electron chi connectivity index (χ4n) is 1.95. The number of esters is 1. The second-order valence-electron chi connectivity index (χ2n) is 5.09. The van der Waals surface area contributed by atoms with Crippen molar-refractivity contribution in [3.8, 4) is 11.5 Å². The normalized spacial score (nSPS) is 11.3. The van der Waals surface area contributed by atoms with E-state index in [9.17, 15) is 4.79 Å². The van der Waals surface area contributed by atoms with Gasteiger partial charge in [0.1, 0.15) is 23.7 Å². The van der Waals surface area contributed by atoms with Crippen LogP contribution in [0.2, 0.25) is 0 Å². The molecule has 0 saturated carbocycles. The van der Waals surface area contributed by atoms with Crippen molar-refractivity contribution >= 4 is 5.97 Å². The maximum atomic E-state index is 11.3. The molecular weight excluding hydrogens is 280 g/mol. The molecule has 2 aliphatic rings. The van der Waals surface area contributed by atoms with Crippen LogP contribution in [-0.2, 0) is 11.3 Å². The number of para-hydroxylation sites is 1. The van der Waals surface area contributed by atoms with Gasteiger partial charge in [0.2, 0.25) is 0 Å². The van der Waals surface area contributed by atoms with Gasteiger partial charge in [-0.15, -0.1) is 0 Å². The minimum absolute atomic E-state index is 0.0424. The lowest BCUT2D eigenvalue weighted by Crippen LogP contribution is -2.10. The Morgan fingerprint density at radius 2 is 1.77 bits per heavy atom. The van der Waals surface area contributed by atoms with Gasteiger partial charge in [0.15, 0.2) is 0 Å². The molecule has 0 spiro atoms. The maximum absolute atomic E-state index is 11.3. The van der Waals surface area contributed by atoms with E-state index in [0.717, 1.165) is 12.4 Å². The van der Waals surface area contributed by atoms with Crippen LogP contribution in [0.25, 0.3) is 0 Å². The second-order valence-corrected chi connectivity index (χ2v) is 5.09. The molecular formula is C18H20O4. The summed E-state index contributed by atoms with van der Waals surface area (Å²) in [6.45, 7) is 4.59. The van der Waals surface area contributed by atoms with Crippen LogP contribution in [0.3, 0.4) is 0 Å². The zero-order chi connectivity index (χ0) is 15.9. The highest BCUT2D eigenvalue weighted by Crippen LogP contribution is 2.20. The van der Waals surface area contributed by atoms with E-state index in [0.29, 0.717) is 11.3 Å².